The van der Waals surface area contributed by atoms with Gasteiger partial charge in [0, 0.05) is 10.9 Å². The van der Waals surface area contributed by atoms with Crippen LogP contribution >= 0.6 is 11.3 Å². The Morgan fingerprint density at radius 3 is 2.52 bits per heavy atom. The molecule has 0 fully saturated rings. The molecule has 0 radical (unpaired) electrons. The van der Waals surface area contributed by atoms with Gasteiger partial charge in [0.2, 0.25) is 5.91 Å². The molecule has 0 spiro atoms. The van der Waals surface area contributed by atoms with E-state index in [-0.39, 0.29) is 12.3 Å². The Hall–Kier alpha value is -3.59. The molecule has 9 heteroatoms. The fourth-order valence-corrected chi connectivity index (χ4v) is 3.67. The average molecular weight is 442 g/mol. The van der Waals surface area contributed by atoms with Crippen LogP contribution < -0.4 is 25.1 Å². The van der Waals surface area contributed by atoms with E-state index in [0.717, 1.165) is 16.3 Å². The molecule has 2 amide bonds. The van der Waals surface area contributed by atoms with Crippen LogP contribution in [0.25, 0.3) is 10.6 Å². The number of para-hydroxylation sites is 1. The molecule has 162 valence electrons. The van der Waals surface area contributed by atoms with Crippen LogP contribution in [-0.4, -0.2) is 37.6 Å². The van der Waals surface area contributed by atoms with E-state index in [1.807, 2.05) is 36.6 Å². The van der Waals surface area contributed by atoms with E-state index in [1.54, 1.807) is 12.1 Å². The number of rotatable bonds is 8. The number of hydrogen-bond donors (Lipinski definition) is 2. The lowest BCUT2D eigenvalue weighted by Gasteiger charge is -2.10. The second-order valence-electron chi connectivity index (χ2n) is 6.32. The summed E-state index contributed by atoms with van der Waals surface area (Å²) in [6.45, 7) is 2.47. The van der Waals surface area contributed by atoms with E-state index in [2.05, 4.69) is 15.8 Å². The van der Waals surface area contributed by atoms with Crippen LogP contribution in [-0.2, 0) is 11.2 Å². The maximum atomic E-state index is 12.3. The first-order chi connectivity index (χ1) is 15.0. The number of carbonyl (C=O) groups is 2. The zero-order chi connectivity index (χ0) is 22.2. The highest BCUT2D eigenvalue weighted by Gasteiger charge is 2.14. The summed E-state index contributed by atoms with van der Waals surface area (Å²) in [5, 5.41) is 2.58. The summed E-state index contributed by atoms with van der Waals surface area (Å²) in [5.74, 6) is 0.817. The maximum absolute atomic E-state index is 12.3. The summed E-state index contributed by atoms with van der Waals surface area (Å²) in [6, 6.07) is 12.3. The van der Waals surface area contributed by atoms with Gasteiger partial charge in [-0.15, -0.1) is 11.3 Å². The van der Waals surface area contributed by atoms with Crippen LogP contribution in [0.3, 0.4) is 0 Å². The van der Waals surface area contributed by atoms with Crippen molar-refractivity contribution in [2.24, 2.45) is 0 Å². The van der Waals surface area contributed by atoms with Gasteiger partial charge in [-0.05, 0) is 37.3 Å². The second-order valence-corrected chi connectivity index (χ2v) is 7.18. The lowest BCUT2D eigenvalue weighted by Crippen LogP contribution is -2.42. The first kappa shape index (κ1) is 22.1. The summed E-state index contributed by atoms with van der Waals surface area (Å²) in [6.07, 6.45) is 0.0273. The van der Waals surface area contributed by atoms with Gasteiger partial charge in [0.1, 0.15) is 10.8 Å². The minimum absolute atomic E-state index is 0.0273. The van der Waals surface area contributed by atoms with Gasteiger partial charge in [-0.3, -0.25) is 20.4 Å². The molecule has 0 aliphatic heterocycles. The third-order valence-corrected chi connectivity index (χ3v) is 5.20. The fourth-order valence-electron chi connectivity index (χ4n) is 2.82. The molecule has 3 aromatic rings. The normalized spacial score (nSPS) is 10.3. The number of ether oxygens (including phenoxy) is 3. The van der Waals surface area contributed by atoms with E-state index in [9.17, 15) is 9.59 Å². The fraction of sp³-hybridized carbons (Fsp3) is 0.227. The topological polar surface area (TPSA) is 98.8 Å². The number of hydrogen-bond acceptors (Lipinski definition) is 7. The van der Waals surface area contributed by atoms with Gasteiger partial charge in [0.15, 0.2) is 11.5 Å². The molecule has 0 saturated carbocycles. The van der Waals surface area contributed by atoms with Gasteiger partial charge in [0.05, 0.1) is 38.5 Å². The molecule has 0 aliphatic carbocycles. The van der Waals surface area contributed by atoms with E-state index in [0.29, 0.717) is 29.4 Å². The number of methoxy groups -OCH3 is 2. The number of amides is 2. The highest BCUT2D eigenvalue weighted by molar-refractivity contribution is 7.13. The van der Waals surface area contributed by atoms with Crippen molar-refractivity contribution >= 4 is 23.2 Å². The zero-order valence-electron chi connectivity index (χ0n) is 17.4. The van der Waals surface area contributed by atoms with E-state index in [1.165, 1.54) is 31.6 Å². The van der Waals surface area contributed by atoms with Crippen LogP contribution in [0.4, 0.5) is 0 Å². The summed E-state index contributed by atoms with van der Waals surface area (Å²) in [5.41, 5.74) is 6.60. The number of hydrazine groups is 1. The molecule has 0 unspecified atom stereocenters. The molecule has 0 bridgehead atoms. The smallest absolute Gasteiger partial charge is 0.269 e. The monoisotopic (exact) mass is 441 g/mol. The number of nitrogens with zero attached hydrogens (tertiary/aromatic N) is 1. The van der Waals surface area contributed by atoms with Crippen LogP contribution in [0.2, 0.25) is 0 Å². The largest absolute Gasteiger partial charge is 0.493 e. The Bertz CT molecular complexity index is 1070. The Kier molecular flexibility index (Phi) is 7.45. The predicted molar refractivity (Wildman–Crippen MR) is 118 cm³/mol. The third kappa shape index (κ3) is 5.52. The predicted octanol–water partition coefficient (Wildman–Crippen LogP) is 3.23. The standard InChI is InChI=1S/C22H23N3O5S/c1-4-30-17-8-6-5-7-16(17)22-23-15(13-31-22)12-20(26)24-25-21(27)14-9-10-18(28-2)19(11-14)29-3/h5-11,13H,4,12H2,1-3H3,(H,24,26)(H,25,27). The zero-order valence-corrected chi connectivity index (χ0v) is 18.2. The van der Waals surface area contributed by atoms with Crippen LogP contribution in [0, 0.1) is 0 Å². The van der Waals surface area contributed by atoms with Crippen molar-refractivity contribution in [2.75, 3.05) is 20.8 Å². The number of benzene rings is 2. The van der Waals surface area contributed by atoms with Gasteiger partial charge in [0.25, 0.3) is 5.91 Å². The lowest BCUT2D eigenvalue weighted by atomic mass is 10.2. The molecule has 0 aliphatic rings. The average Bonchev–Trinajstić information content (AvgIpc) is 3.25. The van der Waals surface area contributed by atoms with Crippen LogP contribution in [0.15, 0.2) is 47.8 Å². The number of thiazole rings is 1. The number of nitrogens with one attached hydrogen (secondary N) is 2. The summed E-state index contributed by atoms with van der Waals surface area (Å²) in [4.78, 5) is 29.1. The van der Waals surface area contributed by atoms with E-state index < -0.39 is 5.91 Å². The molecule has 1 aromatic heterocycles. The van der Waals surface area contributed by atoms with Crippen LogP contribution in [0.5, 0.6) is 17.2 Å². The first-order valence-corrected chi connectivity index (χ1v) is 10.4. The van der Waals surface area contributed by atoms with Gasteiger partial charge in [-0.1, -0.05) is 12.1 Å². The Labute approximate surface area is 184 Å². The number of aromatic nitrogens is 1. The van der Waals surface area contributed by atoms with Gasteiger partial charge >= 0.3 is 0 Å². The van der Waals surface area contributed by atoms with Crippen molar-refractivity contribution in [2.45, 2.75) is 13.3 Å². The summed E-state index contributed by atoms with van der Waals surface area (Å²) in [7, 11) is 2.99. The van der Waals surface area contributed by atoms with Crippen LogP contribution in [0.1, 0.15) is 23.0 Å². The Morgan fingerprint density at radius 1 is 1.00 bits per heavy atom. The van der Waals surface area contributed by atoms with Crippen molar-refractivity contribution in [1.82, 2.24) is 15.8 Å². The van der Waals surface area contributed by atoms with Gasteiger partial charge in [-0.2, -0.15) is 0 Å². The SMILES string of the molecule is CCOc1ccccc1-c1nc(CC(=O)NNC(=O)c2ccc(OC)c(OC)c2)cs1. The molecular weight excluding hydrogens is 418 g/mol. The molecule has 2 N–H and O–H groups in total. The molecular formula is C22H23N3O5S. The Morgan fingerprint density at radius 2 is 1.77 bits per heavy atom. The molecule has 31 heavy (non-hydrogen) atoms. The quantitative estimate of drug-likeness (QED) is 0.521. The molecule has 3 rings (SSSR count). The van der Waals surface area contributed by atoms with Crippen molar-refractivity contribution in [3.8, 4) is 27.8 Å². The van der Waals surface area contributed by atoms with Gasteiger partial charge in [-0.25, -0.2) is 4.98 Å². The van der Waals surface area contributed by atoms with Crippen molar-refractivity contribution < 1.29 is 23.8 Å². The van der Waals surface area contributed by atoms with Crippen molar-refractivity contribution in [1.29, 1.82) is 0 Å². The molecule has 8 nitrogen and oxygen atoms in total. The Balaban J connectivity index is 1.59. The first-order valence-electron chi connectivity index (χ1n) is 9.53. The second kappa shape index (κ2) is 10.4. The minimum Gasteiger partial charge on any atom is -0.493 e. The molecule has 2 aromatic carbocycles. The minimum atomic E-state index is -0.473. The highest BCUT2D eigenvalue weighted by atomic mass is 32.1. The summed E-state index contributed by atoms with van der Waals surface area (Å²) >= 11 is 1.43. The van der Waals surface area contributed by atoms with Crippen molar-refractivity contribution in [3.63, 3.8) is 0 Å². The summed E-state index contributed by atoms with van der Waals surface area (Å²) < 4.78 is 16.0. The molecule has 0 saturated heterocycles. The lowest BCUT2D eigenvalue weighted by molar-refractivity contribution is -0.121. The molecule has 0 atom stereocenters. The van der Waals surface area contributed by atoms with Gasteiger partial charge < -0.3 is 14.2 Å². The number of carbonyl (C=O) groups excluding carboxylic acids is 2. The molecule has 1 heterocycles. The van der Waals surface area contributed by atoms with Crippen molar-refractivity contribution in [3.05, 3.63) is 59.1 Å². The maximum Gasteiger partial charge on any atom is 0.269 e. The highest BCUT2D eigenvalue weighted by Crippen LogP contribution is 2.32. The third-order valence-electron chi connectivity index (χ3n) is 4.27. The van der Waals surface area contributed by atoms with E-state index >= 15 is 0 Å². The van der Waals surface area contributed by atoms with E-state index in [4.69, 9.17) is 14.2 Å².